The van der Waals surface area contributed by atoms with Gasteiger partial charge in [0.05, 0.1) is 11.0 Å². The van der Waals surface area contributed by atoms with Crippen LogP contribution in [0, 0.1) is 11.8 Å². The number of aromatic nitrogens is 2. The summed E-state index contributed by atoms with van der Waals surface area (Å²) in [5.41, 5.74) is 0.990. The number of rotatable bonds is 2. The average molecular weight is 237 g/mol. The van der Waals surface area contributed by atoms with E-state index in [0.29, 0.717) is 17.1 Å². The predicted octanol–water partition coefficient (Wildman–Crippen LogP) is 2.14. The number of hydrogen-bond acceptors (Lipinski definition) is 4. The van der Waals surface area contributed by atoms with Crippen molar-refractivity contribution in [1.82, 2.24) is 9.55 Å². The lowest BCUT2D eigenvalue weighted by Crippen LogP contribution is -2.25. The predicted molar refractivity (Wildman–Crippen MR) is 62.9 cm³/mol. The summed E-state index contributed by atoms with van der Waals surface area (Å²) < 4.78 is 2.02. The topological polar surface area (TPSA) is 50.4 Å². The molecule has 1 heterocycles. The summed E-state index contributed by atoms with van der Waals surface area (Å²) in [6, 6.07) is 0. The van der Waals surface area contributed by atoms with Gasteiger partial charge in [0.1, 0.15) is 0 Å². The van der Waals surface area contributed by atoms with Crippen LogP contribution in [0.25, 0.3) is 0 Å². The fraction of sp³-hybridized carbons (Fsp3) is 0.636. The minimum atomic E-state index is 0.338. The molecule has 1 N–H and O–H groups in total. The van der Waals surface area contributed by atoms with E-state index in [0.717, 1.165) is 10.9 Å². The largest absolute Gasteiger partial charge is 0.411 e. The van der Waals surface area contributed by atoms with E-state index in [4.69, 9.17) is 5.21 Å². The molecule has 3 rings (SSSR count). The lowest BCUT2D eigenvalue weighted by molar-refractivity contribution is 0.314. The Balaban J connectivity index is 1.83. The van der Waals surface area contributed by atoms with E-state index in [9.17, 15) is 0 Å². The Hall–Kier alpha value is -0.970. The van der Waals surface area contributed by atoms with Crippen LogP contribution in [0.1, 0.15) is 19.3 Å². The standard InChI is InChI=1S/C11H15N3OS/c1-14-5-4-12-11(14)16-10-8-3-2-7(6-8)9(10)13-15/h4-5,7-8,10,15H,2-3,6H2,1H3/b13-9+/t7-,8+,10-/m0/s1. The van der Waals surface area contributed by atoms with Gasteiger partial charge >= 0.3 is 0 Å². The first kappa shape index (κ1) is 10.2. The van der Waals surface area contributed by atoms with Gasteiger partial charge in [0, 0.05) is 25.4 Å². The maximum Gasteiger partial charge on any atom is 0.168 e. The molecule has 5 heteroatoms. The minimum Gasteiger partial charge on any atom is -0.411 e. The Labute approximate surface area is 98.7 Å². The number of imidazole rings is 1. The van der Waals surface area contributed by atoms with Crippen molar-refractivity contribution >= 4 is 17.5 Å². The van der Waals surface area contributed by atoms with Crippen LogP contribution < -0.4 is 0 Å². The fourth-order valence-electron chi connectivity index (χ4n) is 2.91. The minimum absolute atomic E-state index is 0.338. The first-order chi connectivity index (χ1) is 7.79. The van der Waals surface area contributed by atoms with Gasteiger partial charge in [-0.25, -0.2) is 4.98 Å². The van der Waals surface area contributed by atoms with E-state index in [-0.39, 0.29) is 0 Å². The SMILES string of the molecule is Cn1ccnc1S[C@@H]1/C(=N/O)[C@H]2CC[C@@H]1C2. The van der Waals surface area contributed by atoms with Crippen molar-refractivity contribution in [2.45, 2.75) is 29.7 Å². The van der Waals surface area contributed by atoms with E-state index < -0.39 is 0 Å². The van der Waals surface area contributed by atoms with E-state index in [1.165, 1.54) is 19.3 Å². The van der Waals surface area contributed by atoms with Crippen molar-refractivity contribution in [3.8, 4) is 0 Å². The molecule has 1 aromatic rings. The molecule has 2 saturated carbocycles. The van der Waals surface area contributed by atoms with Gasteiger partial charge in [-0.2, -0.15) is 0 Å². The molecule has 86 valence electrons. The van der Waals surface area contributed by atoms with Crippen LogP contribution in [0.5, 0.6) is 0 Å². The summed E-state index contributed by atoms with van der Waals surface area (Å²) >= 11 is 1.74. The van der Waals surface area contributed by atoms with Crippen LogP contribution >= 0.6 is 11.8 Å². The van der Waals surface area contributed by atoms with Crippen molar-refractivity contribution in [1.29, 1.82) is 0 Å². The second kappa shape index (κ2) is 3.80. The molecule has 0 amide bonds. The van der Waals surface area contributed by atoms with Crippen molar-refractivity contribution in [3.63, 3.8) is 0 Å². The molecule has 0 radical (unpaired) electrons. The zero-order chi connectivity index (χ0) is 11.1. The zero-order valence-electron chi connectivity index (χ0n) is 9.21. The molecule has 3 atom stereocenters. The number of aryl methyl sites for hydroxylation is 1. The molecule has 0 aliphatic heterocycles. The number of oxime groups is 1. The molecule has 0 unspecified atom stereocenters. The molecular formula is C11H15N3OS. The second-order valence-electron chi connectivity index (χ2n) is 4.65. The molecule has 2 fully saturated rings. The summed E-state index contributed by atoms with van der Waals surface area (Å²) in [4.78, 5) is 4.32. The third kappa shape index (κ3) is 1.45. The number of hydrogen-bond donors (Lipinski definition) is 1. The number of nitrogens with zero attached hydrogens (tertiary/aromatic N) is 3. The Bertz CT molecular complexity index is 429. The van der Waals surface area contributed by atoms with Gasteiger partial charge < -0.3 is 9.77 Å². The van der Waals surface area contributed by atoms with Crippen LogP contribution in [0.3, 0.4) is 0 Å². The van der Waals surface area contributed by atoms with Gasteiger partial charge in [0.2, 0.25) is 0 Å². The monoisotopic (exact) mass is 237 g/mol. The van der Waals surface area contributed by atoms with Gasteiger partial charge in [-0.1, -0.05) is 16.9 Å². The average Bonchev–Trinajstić information content (AvgIpc) is 2.95. The van der Waals surface area contributed by atoms with Crippen molar-refractivity contribution in [3.05, 3.63) is 12.4 Å². The van der Waals surface area contributed by atoms with Crippen LogP contribution in [-0.4, -0.2) is 25.7 Å². The zero-order valence-corrected chi connectivity index (χ0v) is 10.0. The Morgan fingerprint density at radius 1 is 1.56 bits per heavy atom. The summed E-state index contributed by atoms with van der Waals surface area (Å²) in [6.07, 6.45) is 7.42. The number of thioether (sulfide) groups is 1. The highest BCUT2D eigenvalue weighted by Crippen LogP contribution is 2.49. The van der Waals surface area contributed by atoms with Gasteiger partial charge in [-0.05, 0) is 25.2 Å². The van der Waals surface area contributed by atoms with Gasteiger partial charge in [-0.15, -0.1) is 0 Å². The normalized spacial score (nSPS) is 35.1. The van der Waals surface area contributed by atoms with Crippen LogP contribution in [0.2, 0.25) is 0 Å². The summed E-state index contributed by atoms with van der Waals surface area (Å²) in [6.45, 7) is 0. The van der Waals surface area contributed by atoms with Crippen molar-refractivity contribution in [2.75, 3.05) is 0 Å². The smallest absolute Gasteiger partial charge is 0.168 e. The lowest BCUT2D eigenvalue weighted by atomic mass is 9.98. The molecule has 2 bridgehead atoms. The Morgan fingerprint density at radius 2 is 2.44 bits per heavy atom. The molecular weight excluding hydrogens is 222 g/mol. The second-order valence-corrected chi connectivity index (χ2v) is 5.76. The highest BCUT2D eigenvalue weighted by molar-refractivity contribution is 8.00. The van der Waals surface area contributed by atoms with E-state index in [1.54, 1.807) is 11.8 Å². The lowest BCUT2D eigenvalue weighted by Gasteiger charge is -2.21. The summed E-state index contributed by atoms with van der Waals surface area (Å²) in [7, 11) is 2.00. The molecule has 1 aromatic heterocycles. The molecule has 16 heavy (non-hydrogen) atoms. The Kier molecular flexibility index (Phi) is 2.42. The van der Waals surface area contributed by atoms with E-state index in [2.05, 4.69) is 10.1 Å². The summed E-state index contributed by atoms with van der Waals surface area (Å²) in [5.74, 6) is 1.20. The van der Waals surface area contributed by atoms with Crippen molar-refractivity contribution < 1.29 is 5.21 Å². The van der Waals surface area contributed by atoms with Crippen LogP contribution in [0.4, 0.5) is 0 Å². The van der Waals surface area contributed by atoms with Crippen molar-refractivity contribution in [2.24, 2.45) is 24.0 Å². The Morgan fingerprint density at radius 3 is 3.12 bits per heavy atom. The maximum atomic E-state index is 9.10. The highest BCUT2D eigenvalue weighted by atomic mass is 32.2. The molecule has 0 aromatic carbocycles. The first-order valence-electron chi connectivity index (χ1n) is 5.65. The van der Waals surface area contributed by atoms with Crippen LogP contribution in [0.15, 0.2) is 22.7 Å². The quantitative estimate of drug-likeness (QED) is 0.633. The first-order valence-corrected chi connectivity index (χ1v) is 6.53. The molecule has 4 nitrogen and oxygen atoms in total. The van der Waals surface area contributed by atoms with Gasteiger partial charge in [-0.3, -0.25) is 0 Å². The third-order valence-corrected chi connectivity index (χ3v) is 5.22. The highest BCUT2D eigenvalue weighted by Gasteiger charge is 2.46. The molecule has 0 saturated heterocycles. The molecule has 2 aliphatic rings. The van der Waals surface area contributed by atoms with E-state index >= 15 is 0 Å². The van der Waals surface area contributed by atoms with Gasteiger partial charge in [0.25, 0.3) is 0 Å². The summed E-state index contributed by atoms with van der Waals surface area (Å²) in [5, 5.41) is 14.0. The third-order valence-electron chi connectivity index (χ3n) is 3.74. The molecule has 2 aliphatic carbocycles. The van der Waals surface area contributed by atoms with E-state index in [1.807, 2.05) is 24.0 Å². The molecule has 0 spiro atoms. The maximum absolute atomic E-state index is 9.10. The van der Waals surface area contributed by atoms with Crippen LogP contribution in [-0.2, 0) is 7.05 Å². The fourth-order valence-corrected chi connectivity index (χ4v) is 4.28. The number of fused-ring (bicyclic) bond motifs is 2. The van der Waals surface area contributed by atoms with Gasteiger partial charge in [0.15, 0.2) is 5.16 Å².